The van der Waals surface area contributed by atoms with Crippen LogP contribution in [-0.2, 0) is 4.74 Å². The fraction of sp³-hybridized carbons (Fsp3) is 0.400. The number of nitrogens with zero attached hydrogens (tertiary/aromatic N) is 1. The maximum Gasteiger partial charge on any atom is 0.350 e. The summed E-state index contributed by atoms with van der Waals surface area (Å²) in [6, 6.07) is 2.15. The average molecular weight is 239 g/mol. The van der Waals surface area contributed by atoms with E-state index in [2.05, 4.69) is 10.1 Å². The van der Waals surface area contributed by atoms with Crippen LogP contribution in [-0.4, -0.2) is 19.1 Å². The third kappa shape index (κ3) is 2.25. The molecular formula is C10H13N3O2S. The number of nitrogens with two attached hydrogens (primary N) is 1. The van der Waals surface area contributed by atoms with Crippen molar-refractivity contribution in [2.75, 3.05) is 18.2 Å². The van der Waals surface area contributed by atoms with E-state index in [1.54, 1.807) is 0 Å². The molecule has 5 nitrogen and oxygen atoms in total. The first-order valence-corrected chi connectivity index (χ1v) is 5.50. The molecule has 0 spiro atoms. The van der Waals surface area contributed by atoms with E-state index >= 15 is 0 Å². The normalized spacial score (nSPS) is 9.94. The van der Waals surface area contributed by atoms with Gasteiger partial charge in [0.2, 0.25) is 0 Å². The number of thiophene rings is 1. The van der Waals surface area contributed by atoms with Crippen LogP contribution in [0.3, 0.4) is 0 Å². The maximum absolute atomic E-state index is 11.4. The minimum Gasteiger partial charge on any atom is -0.465 e. The van der Waals surface area contributed by atoms with Crippen LogP contribution < -0.4 is 11.1 Å². The van der Waals surface area contributed by atoms with Crippen LogP contribution in [0, 0.1) is 11.3 Å². The molecule has 0 unspecified atom stereocenters. The van der Waals surface area contributed by atoms with E-state index in [-0.39, 0.29) is 16.6 Å². The summed E-state index contributed by atoms with van der Waals surface area (Å²) < 4.78 is 4.59. The number of esters is 1. The van der Waals surface area contributed by atoms with Gasteiger partial charge in [0.05, 0.1) is 12.8 Å². The molecule has 0 fully saturated rings. The van der Waals surface area contributed by atoms with Gasteiger partial charge in [-0.15, -0.1) is 11.3 Å². The molecule has 1 rings (SSSR count). The van der Waals surface area contributed by atoms with E-state index in [0.29, 0.717) is 10.6 Å². The summed E-state index contributed by atoms with van der Waals surface area (Å²) in [5, 5.41) is 12.6. The summed E-state index contributed by atoms with van der Waals surface area (Å²) in [6.07, 6.45) is 0. The van der Waals surface area contributed by atoms with Crippen molar-refractivity contribution in [1.29, 1.82) is 5.26 Å². The lowest BCUT2D eigenvalue weighted by atomic mass is 10.2. The zero-order valence-corrected chi connectivity index (χ0v) is 10.1. The fourth-order valence-electron chi connectivity index (χ4n) is 1.16. The molecule has 0 radical (unpaired) electrons. The van der Waals surface area contributed by atoms with Gasteiger partial charge in [0.1, 0.15) is 21.5 Å². The third-order valence-electron chi connectivity index (χ3n) is 1.85. The van der Waals surface area contributed by atoms with Crippen LogP contribution in [0.2, 0.25) is 0 Å². The van der Waals surface area contributed by atoms with Crippen LogP contribution in [0.15, 0.2) is 0 Å². The van der Waals surface area contributed by atoms with Gasteiger partial charge >= 0.3 is 5.97 Å². The summed E-state index contributed by atoms with van der Waals surface area (Å²) in [5.74, 6) is -0.518. The molecule has 0 amide bonds. The lowest BCUT2D eigenvalue weighted by Gasteiger charge is -2.06. The van der Waals surface area contributed by atoms with Crippen LogP contribution >= 0.6 is 11.3 Å². The Morgan fingerprint density at radius 3 is 2.69 bits per heavy atom. The second-order valence-corrected chi connectivity index (χ2v) is 4.47. The molecule has 1 heterocycles. The molecular weight excluding hydrogens is 226 g/mol. The van der Waals surface area contributed by atoms with Gasteiger partial charge in [0.25, 0.3) is 0 Å². The molecule has 0 saturated heterocycles. The maximum atomic E-state index is 11.4. The zero-order valence-electron chi connectivity index (χ0n) is 9.33. The topological polar surface area (TPSA) is 88.1 Å². The van der Waals surface area contributed by atoms with Crippen LogP contribution in [0.5, 0.6) is 0 Å². The molecule has 0 atom stereocenters. The number of hydrogen-bond donors (Lipinski definition) is 2. The number of carbonyl (C=O) groups excluding carboxylic acids is 1. The molecule has 0 aliphatic rings. The number of anilines is 2. The Morgan fingerprint density at radius 2 is 2.25 bits per heavy atom. The highest BCUT2D eigenvalue weighted by Crippen LogP contribution is 2.35. The van der Waals surface area contributed by atoms with Crippen molar-refractivity contribution < 1.29 is 9.53 Å². The van der Waals surface area contributed by atoms with Crippen molar-refractivity contribution in [2.45, 2.75) is 19.9 Å². The van der Waals surface area contributed by atoms with Crippen LogP contribution in [0.1, 0.15) is 29.1 Å². The van der Waals surface area contributed by atoms with Gasteiger partial charge < -0.3 is 15.8 Å². The summed E-state index contributed by atoms with van der Waals surface area (Å²) >= 11 is 1.14. The van der Waals surface area contributed by atoms with Gasteiger partial charge in [-0.25, -0.2) is 4.79 Å². The third-order valence-corrected chi connectivity index (χ3v) is 2.96. The van der Waals surface area contributed by atoms with E-state index < -0.39 is 5.97 Å². The second kappa shape index (κ2) is 4.86. The van der Waals surface area contributed by atoms with E-state index in [4.69, 9.17) is 11.0 Å². The van der Waals surface area contributed by atoms with E-state index in [9.17, 15) is 4.79 Å². The Morgan fingerprint density at radius 1 is 1.62 bits per heavy atom. The summed E-state index contributed by atoms with van der Waals surface area (Å²) in [6.45, 7) is 3.88. The Kier molecular flexibility index (Phi) is 3.74. The van der Waals surface area contributed by atoms with Gasteiger partial charge in [-0.05, 0) is 13.8 Å². The summed E-state index contributed by atoms with van der Waals surface area (Å²) in [7, 11) is 1.28. The minimum atomic E-state index is -0.518. The van der Waals surface area contributed by atoms with Crippen molar-refractivity contribution in [2.24, 2.45) is 0 Å². The molecule has 16 heavy (non-hydrogen) atoms. The predicted octanol–water partition coefficient (Wildman–Crippen LogP) is 1.81. The SMILES string of the molecule is COC(=O)c1sc(NC(C)C)c(C#N)c1N. The molecule has 0 saturated carbocycles. The predicted molar refractivity (Wildman–Crippen MR) is 63.5 cm³/mol. The lowest BCUT2D eigenvalue weighted by Crippen LogP contribution is -2.09. The number of carbonyl (C=O) groups is 1. The number of rotatable bonds is 3. The molecule has 0 aromatic carbocycles. The number of methoxy groups -OCH3 is 1. The highest BCUT2D eigenvalue weighted by Gasteiger charge is 2.21. The smallest absolute Gasteiger partial charge is 0.350 e. The first-order chi connectivity index (χ1) is 7.51. The molecule has 1 aromatic heterocycles. The van der Waals surface area contributed by atoms with Gasteiger partial charge in [0.15, 0.2) is 0 Å². The Hall–Kier alpha value is -1.74. The summed E-state index contributed by atoms with van der Waals surface area (Å²) in [5.41, 5.74) is 6.20. The Bertz CT molecular complexity index is 446. The van der Waals surface area contributed by atoms with E-state index in [1.807, 2.05) is 19.9 Å². The van der Waals surface area contributed by atoms with Gasteiger partial charge in [-0.2, -0.15) is 5.26 Å². The van der Waals surface area contributed by atoms with Crippen LogP contribution in [0.4, 0.5) is 10.7 Å². The molecule has 0 aliphatic carbocycles. The number of ether oxygens (including phenoxy) is 1. The highest BCUT2D eigenvalue weighted by molar-refractivity contribution is 7.18. The van der Waals surface area contributed by atoms with Crippen molar-refractivity contribution in [1.82, 2.24) is 0 Å². The second-order valence-electron chi connectivity index (χ2n) is 3.45. The number of nitrogens with one attached hydrogen (secondary N) is 1. The summed E-state index contributed by atoms with van der Waals surface area (Å²) in [4.78, 5) is 11.6. The highest BCUT2D eigenvalue weighted by atomic mass is 32.1. The molecule has 6 heteroatoms. The van der Waals surface area contributed by atoms with Gasteiger partial charge in [-0.1, -0.05) is 0 Å². The lowest BCUT2D eigenvalue weighted by molar-refractivity contribution is 0.0607. The quantitative estimate of drug-likeness (QED) is 0.785. The monoisotopic (exact) mass is 239 g/mol. The molecule has 0 bridgehead atoms. The van der Waals surface area contributed by atoms with Gasteiger partial charge in [0, 0.05) is 6.04 Å². The fourth-order valence-corrected chi connectivity index (χ4v) is 2.30. The van der Waals surface area contributed by atoms with Crippen molar-refractivity contribution in [3.63, 3.8) is 0 Å². The number of nitriles is 1. The van der Waals surface area contributed by atoms with E-state index in [0.717, 1.165) is 11.3 Å². The molecule has 3 N–H and O–H groups in total. The Labute approximate surface area is 97.8 Å². The first-order valence-electron chi connectivity index (χ1n) is 4.68. The van der Waals surface area contributed by atoms with Gasteiger partial charge in [-0.3, -0.25) is 0 Å². The zero-order chi connectivity index (χ0) is 12.3. The largest absolute Gasteiger partial charge is 0.465 e. The average Bonchev–Trinajstić information content (AvgIpc) is 2.53. The number of hydrogen-bond acceptors (Lipinski definition) is 6. The standard InChI is InChI=1S/C10H13N3O2S/c1-5(2)13-9-6(4-11)7(12)8(16-9)10(14)15-3/h5,13H,12H2,1-3H3. The minimum absolute atomic E-state index is 0.163. The molecule has 0 aliphatic heterocycles. The first kappa shape index (κ1) is 12.3. The van der Waals surface area contributed by atoms with Crippen molar-refractivity contribution in [3.8, 4) is 6.07 Å². The molecule has 86 valence electrons. The van der Waals surface area contributed by atoms with Crippen molar-refractivity contribution >= 4 is 28.0 Å². The van der Waals surface area contributed by atoms with E-state index in [1.165, 1.54) is 7.11 Å². The molecule has 1 aromatic rings. The number of nitrogen functional groups attached to an aromatic ring is 1. The van der Waals surface area contributed by atoms with Crippen LogP contribution in [0.25, 0.3) is 0 Å². The Balaban J connectivity index is 3.21. The van der Waals surface area contributed by atoms with Crippen molar-refractivity contribution in [3.05, 3.63) is 10.4 Å².